The fourth-order valence-corrected chi connectivity index (χ4v) is 1.91. The molecule has 1 aliphatic carbocycles. The number of hydrogen-bond acceptors (Lipinski definition) is 6. The van der Waals surface area contributed by atoms with Crippen molar-refractivity contribution in [3.8, 4) is 0 Å². The van der Waals surface area contributed by atoms with Crippen LogP contribution in [-0.4, -0.2) is 19.9 Å². The second-order valence-electron chi connectivity index (χ2n) is 4.46. The van der Waals surface area contributed by atoms with Gasteiger partial charge in [0.25, 0.3) is 0 Å². The summed E-state index contributed by atoms with van der Waals surface area (Å²) in [6.07, 6.45) is 3.90. The van der Waals surface area contributed by atoms with Gasteiger partial charge in [-0.3, -0.25) is 0 Å². The molecular formula is C12H13ClN6. The molecule has 6 nitrogen and oxygen atoms in total. The molecule has 1 fully saturated rings. The van der Waals surface area contributed by atoms with Crippen molar-refractivity contribution in [3.05, 3.63) is 35.1 Å². The van der Waals surface area contributed by atoms with Gasteiger partial charge < -0.3 is 11.1 Å². The summed E-state index contributed by atoms with van der Waals surface area (Å²) in [6.45, 7) is 0.447. The van der Waals surface area contributed by atoms with Crippen molar-refractivity contribution >= 4 is 23.2 Å². The lowest BCUT2D eigenvalue weighted by molar-refractivity contribution is 0.903. The summed E-state index contributed by atoms with van der Waals surface area (Å²) < 4.78 is 0. The minimum atomic E-state index is 0.447. The third kappa shape index (κ3) is 3.08. The van der Waals surface area contributed by atoms with Crippen molar-refractivity contribution < 1.29 is 0 Å². The van der Waals surface area contributed by atoms with E-state index in [0.29, 0.717) is 35.1 Å². The Kier molecular flexibility index (Phi) is 3.16. The van der Waals surface area contributed by atoms with Gasteiger partial charge in [0.2, 0.25) is 0 Å². The van der Waals surface area contributed by atoms with Gasteiger partial charge in [0.1, 0.15) is 28.4 Å². The SMILES string of the molecule is Nc1ccnc(CNc2cc(Cl)nc(C3CC3)n2)n1. The van der Waals surface area contributed by atoms with E-state index < -0.39 is 0 Å². The first kappa shape index (κ1) is 12.1. The zero-order chi connectivity index (χ0) is 13.2. The second-order valence-corrected chi connectivity index (χ2v) is 4.85. The molecule has 0 saturated heterocycles. The van der Waals surface area contributed by atoms with Crippen LogP contribution >= 0.6 is 11.6 Å². The molecule has 3 rings (SSSR count). The molecule has 2 aromatic rings. The zero-order valence-electron chi connectivity index (χ0n) is 10.2. The Labute approximate surface area is 115 Å². The number of halogens is 1. The van der Waals surface area contributed by atoms with E-state index >= 15 is 0 Å². The first-order chi connectivity index (χ1) is 9.20. The van der Waals surface area contributed by atoms with Crippen molar-refractivity contribution in [1.82, 2.24) is 19.9 Å². The highest BCUT2D eigenvalue weighted by atomic mass is 35.5. The maximum atomic E-state index is 5.99. The first-order valence-corrected chi connectivity index (χ1v) is 6.44. The van der Waals surface area contributed by atoms with Crippen molar-refractivity contribution in [3.63, 3.8) is 0 Å². The molecule has 2 heterocycles. The largest absolute Gasteiger partial charge is 0.384 e. The Morgan fingerprint density at radius 2 is 2.16 bits per heavy atom. The van der Waals surface area contributed by atoms with Crippen LogP contribution < -0.4 is 11.1 Å². The highest BCUT2D eigenvalue weighted by Gasteiger charge is 2.27. The lowest BCUT2D eigenvalue weighted by Gasteiger charge is -2.07. The van der Waals surface area contributed by atoms with Crippen molar-refractivity contribution in [2.75, 3.05) is 11.1 Å². The number of anilines is 2. The number of nitrogen functional groups attached to an aromatic ring is 1. The van der Waals surface area contributed by atoms with Crippen LogP contribution in [0, 0.1) is 0 Å². The smallest absolute Gasteiger partial charge is 0.149 e. The lowest BCUT2D eigenvalue weighted by Crippen LogP contribution is -2.08. The van der Waals surface area contributed by atoms with Gasteiger partial charge in [-0.25, -0.2) is 19.9 Å². The molecule has 2 aromatic heterocycles. The van der Waals surface area contributed by atoms with Crippen LogP contribution in [0.1, 0.15) is 30.4 Å². The van der Waals surface area contributed by atoms with Crippen LogP contribution in [0.2, 0.25) is 5.15 Å². The highest BCUT2D eigenvalue weighted by molar-refractivity contribution is 6.29. The molecule has 1 saturated carbocycles. The first-order valence-electron chi connectivity index (χ1n) is 6.06. The van der Waals surface area contributed by atoms with Crippen LogP contribution in [0.15, 0.2) is 18.3 Å². The molecular weight excluding hydrogens is 264 g/mol. The fourth-order valence-electron chi connectivity index (χ4n) is 1.72. The van der Waals surface area contributed by atoms with Gasteiger partial charge in [0.05, 0.1) is 6.54 Å². The Balaban J connectivity index is 1.72. The number of nitrogens with one attached hydrogen (secondary N) is 1. The molecule has 0 spiro atoms. The standard InChI is InChI=1S/C12H13ClN6/c13-8-5-10(19-12(17-8)7-1-2-7)16-6-11-15-4-3-9(14)18-11/h3-5,7H,1-2,6H2,(H2,14,15,18)(H,16,17,19). The predicted molar refractivity (Wildman–Crippen MR) is 72.8 cm³/mol. The minimum absolute atomic E-state index is 0.447. The summed E-state index contributed by atoms with van der Waals surface area (Å²) in [5.74, 6) is 3.02. The topological polar surface area (TPSA) is 89.6 Å². The van der Waals surface area contributed by atoms with Crippen LogP contribution in [0.4, 0.5) is 11.6 Å². The monoisotopic (exact) mass is 276 g/mol. The van der Waals surface area contributed by atoms with E-state index in [1.165, 1.54) is 0 Å². The third-order valence-corrected chi connectivity index (χ3v) is 3.00. The zero-order valence-corrected chi connectivity index (χ0v) is 10.9. The average molecular weight is 277 g/mol. The molecule has 98 valence electrons. The molecule has 0 aromatic carbocycles. The van der Waals surface area contributed by atoms with Crippen LogP contribution in [0.5, 0.6) is 0 Å². The van der Waals surface area contributed by atoms with E-state index in [9.17, 15) is 0 Å². The maximum Gasteiger partial charge on any atom is 0.149 e. The van der Waals surface area contributed by atoms with E-state index in [1.54, 1.807) is 18.3 Å². The summed E-state index contributed by atoms with van der Waals surface area (Å²) in [7, 11) is 0. The molecule has 7 heteroatoms. The number of nitrogens with zero attached hydrogens (tertiary/aromatic N) is 4. The van der Waals surface area contributed by atoms with Crippen molar-refractivity contribution in [2.24, 2.45) is 0 Å². The Morgan fingerprint density at radius 3 is 2.89 bits per heavy atom. The molecule has 0 amide bonds. The van der Waals surface area contributed by atoms with Crippen LogP contribution in [-0.2, 0) is 6.54 Å². The Morgan fingerprint density at radius 1 is 1.32 bits per heavy atom. The molecule has 3 N–H and O–H groups in total. The Hall–Kier alpha value is -1.95. The van der Waals surface area contributed by atoms with Gasteiger partial charge in [0, 0.05) is 18.2 Å². The molecule has 0 radical (unpaired) electrons. The van der Waals surface area contributed by atoms with Gasteiger partial charge in [-0.1, -0.05) is 11.6 Å². The van der Waals surface area contributed by atoms with Crippen LogP contribution in [0.3, 0.4) is 0 Å². The quantitative estimate of drug-likeness (QED) is 0.830. The number of nitrogens with two attached hydrogens (primary N) is 1. The van der Waals surface area contributed by atoms with Crippen LogP contribution in [0.25, 0.3) is 0 Å². The normalized spacial score (nSPS) is 14.4. The van der Waals surface area contributed by atoms with Gasteiger partial charge in [0.15, 0.2) is 0 Å². The van der Waals surface area contributed by atoms with Gasteiger partial charge in [-0.15, -0.1) is 0 Å². The second kappa shape index (κ2) is 4.97. The Bertz CT molecular complexity index is 599. The molecule has 0 unspecified atom stereocenters. The van der Waals surface area contributed by atoms with E-state index in [1.807, 2.05) is 0 Å². The molecule has 1 aliphatic rings. The lowest BCUT2D eigenvalue weighted by atomic mass is 10.4. The molecule has 19 heavy (non-hydrogen) atoms. The fraction of sp³-hybridized carbons (Fsp3) is 0.333. The molecule has 0 bridgehead atoms. The number of aromatic nitrogens is 4. The van der Waals surface area contributed by atoms with Crippen molar-refractivity contribution in [2.45, 2.75) is 25.3 Å². The summed E-state index contributed by atoms with van der Waals surface area (Å²) in [4.78, 5) is 16.9. The minimum Gasteiger partial charge on any atom is -0.384 e. The van der Waals surface area contributed by atoms with Gasteiger partial charge in [-0.2, -0.15) is 0 Å². The van der Waals surface area contributed by atoms with E-state index in [2.05, 4.69) is 25.3 Å². The van der Waals surface area contributed by atoms with E-state index in [-0.39, 0.29) is 0 Å². The molecule has 0 aliphatic heterocycles. The van der Waals surface area contributed by atoms with Gasteiger partial charge >= 0.3 is 0 Å². The van der Waals surface area contributed by atoms with Crippen molar-refractivity contribution in [1.29, 1.82) is 0 Å². The summed E-state index contributed by atoms with van der Waals surface area (Å²) >= 11 is 5.99. The predicted octanol–water partition coefficient (Wildman–Crippen LogP) is 1.99. The number of rotatable bonds is 4. The highest BCUT2D eigenvalue weighted by Crippen LogP contribution is 2.38. The van der Waals surface area contributed by atoms with E-state index in [0.717, 1.165) is 18.7 Å². The summed E-state index contributed by atoms with van der Waals surface area (Å²) in [5, 5.41) is 3.59. The summed E-state index contributed by atoms with van der Waals surface area (Å²) in [5.41, 5.74) is 5.60. The third-order valence-electron chi connectivity index (χ3n) is 2.81. The summed E-state index contributed by atoms with van der Waals surface area (Å²) in [6, 6.07) is 3.34. The maximum absolute atomic E-state index is 5.99. The average Bonchev–Trinajstić information content (AvgIpc) is 3.20. The van der Waals surface area contributed by atoms with E-state index in [4.69, 9.17) is 17.3 Å². The van der Waals surface area contributed by atoms with Gasteiger partial charge in [-0.05, 0) is 18.9 Å². The molecule has 0 atom stereocenters. The number of hydrogen-bond donors (Lipinski definition) is 2.